The molecule has 0 unspecified atom stereocenters. The molecule has 0 amide bonds. The van der Waals surface area contributed by atoms with Gasteiger partial charge in [0.2, 0.25) is 0 Å². The molecule has 0 saturated carbocycles. The molecule has 0 saturated heterocycles. The molecule has 0 aliphatic carbocycles. The quantitative estimate of drug-likeness (QED) is 0.602. The van der Waals surface area contributed by atoms with E-state index in [0.717, 1.165) is 15.7 Å². The molecule has 0 fully saturated rings. The Kier molecular flexibility index (Phi) is 5.08. The highest BCUT2D eigenvalue weighted by Crippen LogP contribution is 2.35. The van der Waals surface area contributed by atoms with Crippen LogP contribution in [0.2, 0.25) is 0 Å². The number of aryl methyl sites for hydroxylation is 2. The third-order valence-electron chi connectivity index (χ3n) is 3.80. The fourth-order valence-electron chi connectivity index (χ4n) is 2.26. The molecule has 26 heavy (non-hydrogen) atoms. The lowest BCUT2D eigenvalue weighted by Gasteiger charge is -2.14. The Balaban J connectivity index is 1.90. The van der Waals surface area contributed by atoms with Gasteiger partial charge in [-0.1, -0.05) is 0 Å². The molecule has 8 nitrogen and oxygen atoms in total. The molecule has 2 aromatic heterocycles. The van der Waals surface area contributed by atoms with Crippen molar-refractivity contribution in [2.45, 2.75) is 13.8 Å². The van der Waals surface area contributed by atoms with Gasteiger partial charge in [-0.05, 0) is 26.0 Å². The molecular formula is C17H20N6O2S. The number of nitrogens with zero attached hydrogens (tertiary/aromatic N) is 3. The summed E-state index contributed by atoms with van der Waals surface area (Å²) in [5.74, 6) is 2.27. The van der Waals surface area contributed by atoms with E-state index in [1.54, 1.807) is 37.7 Å². The number of nitrogens with one attached hydrogen (secondary N) is 2. The molecule has 0 spiro atoms. The summed E-state index contributed by atoms with van der Waals surface area (Å²) in [5, 5.41) is 7.05. The van der Waals surface area contributed by atoms with Crippen LogP contribution in [0.5, 0.6) is 11.5 Å². The molecule has 136 valence electrons. The number of hydrogen-bond donors (Lipinski definition) is 3. The maximum Gasteiger partial charge on any atom is 0.188 e. The summed E-state index contributed by atoms with van der Waals surface area (Å²) < 4.78 is 10.6. The lowest BCUT2D eigenvalue weighted by molar-refractivity contribution is 0.405. The average Bonchev–Trinajstić information content (AvgIpc) is 2.95. The van der Waals surface area contributed by atoms with Crippen molar-refractivity contribution in [3.63, 3.8) is 0 Å². The zero-order valence-corrected chi connectivity index (χ0v) is 15.8. The van der Waals surface area contributed by atoms with Gasteiger partial charge in [-0.3, -0.25) is 0 Å². The van der Waals surface area contributed by atoms with Crippen LogP contribution >= 0.6 is 11.3 Å². The summed E-state index contributed by atoms with van der Waals surface area (Å²) >= 11 is 1.54. The number of hydrogen-bond acceptors (Lipinski definition) is 9. The van der Waals surface area contributed by atoms with Crippen LogP contribution in [0.4, 0.5) is 28.1 Å². The van der Waals surface area contributed by atoms with Crippen LogP contribution < -0.4 is 25.8 Å². The molecule has 4 N–H and O–H groups in total. The van der Waals surface area contributed by atoms with Gasteiger partial charge in [0.25, 0.3) is 0 Å². The highest BCUT2D eigenvalue weighted by molar-refractivity contribution is 7.15. The van der Waals surface area contributed by atoms with Gasteiger partial charge in [0.05, 0.1) is 25.6 Å². The van der Waals surface area contributed by atoms with Crippen molar-refractivity contribution in [1.82, 2.24) is 15.0 Å². The van der Waals surface area contributed by atoms with E-state index in [0.29, 0.717) is 34.5 Å². The highest BCUT2D eigenvalue weighted by Gasteiger charge is 2.13. The summed E-state index contributed by atoms with van der Waals surface area (Å²) in [6.45, 7) is 3.98. The Hall–Kier alpha value is -3.07. The van der Waals surface area contributed by atoms with Crippen LogP contribution in [0.1, 0.15) is 10.6 Å². The van der Waals surface area contributed by atoms with Gasteiger partial charge < -0.3 is 25.8 Å². The van der Waals surface area contributed by atoms with E-state index in [1.165, 1.54) is 6.33 Å². The number of methoxy groups -OCH3 is 2. The fraction of sp³-hybridized carbons (Fsp3) is 0.235. The van der Waals surface area contributed by atoms with Crippen molar-refractivity contribution in [1.29, 1.82) is 0 Å². The molecule has 1 aromatic carbocycles. The topological polar surface area (TPSA) is 107 Å². The smallest absolute Gasteiger partial charge is 0.188 e. The van der Waals surface area contributed by atoms with Crippen LogP contribution in [-0.2, 0) is 0 Å². The van der Waals surface area contributed by atoms with Crippen LogP contribution in [-0.4, -0.2) is 29.2 Å². The van der Waals surface area contributed by atoms with E-state index in [-0.39, 0.29) is 0 Å². The number of rotatable bonds is 6. The van der Waals surface area contributed by atoms with Crippen molar-refractivity contribution in [3.8, 4) is 11.5 Å². The van der Waals surface area contributed by atoms with Crippen LogP contribution in [0, 0.1) is 13.8 Å². The van der Waals surface area contributed by atoms with Crippen LogP contribution in [0.3, 0.4) is 0 Å². The first-order valence-corrected chi connectivity index (χ1v) is 8.64. The summed E-state index contributed by atoms with van der Waals surface area (Å²) in [6, 6.07) is 5.42. The number of anilines is 5. The van der Waals surface area contributed by atoms with Gasteiger partial charge in [0.15, 0.2) is 16.8 Å². The highest BCUT2D eigenvalue weighted by atomic mass is 32.1. The van der Waals surface area contributed by atoms with Crippen molar-refractivity contribution >= 4 is 39.5 Å². The van der Waals surface area contributed by atoms with Gasteiger partial charge in [0, 0.05) is 10.9 Å². The second kappa shape index (κ2) is 7.44. The van der Waals surface area contributed by atoms with Gasteiger partial charge in [-0.15, -0.1) is 11.3 Å². The zero-order chi connectivity index (χ0) is 18.7. The molecule has 9 heteroatoms. The Morgan fingerprint density at radius 1 is 1.04 bits per heavy atom. The van der Waals surface area contributed by atoms with Crippen molar-refractivity contribution in [2.24, 2.45) is 0 Å². The molecular weight excluding hydrogens is 352 g/mol. The first kappa shape index (κ1) is 17.7. The molecule has 0 bridgehead atoms. The van der Waals surface area contributed by atoms with Gasteiger partial charge in [0.1, 0.15) is 23.5 Å². The number of thiazole rings is 1. The second-order valence-electron chi connectivity index (χ2n) is 5.46. The fourth-order valence-corrected chi connectivity index (χ4v) is 3.08. The molecule has 0 aliphatic heterocycles. The number of nitrogens with two attached hydrogens (primary N) is 1. The largest absolute Gasteiger partial charge is 0.497 e. The zero-order valence-electron chi connectivity index (χ0n) is 15.0. The lowest BCUT2D eigenvalue weighted by Crippen LogP contribution is -2.06. The van der Waals surface area contributed by atoms with E-state index in [9.17, 15) is 0 Å². The van der Waals surface area contributed by atoms with E-state index in [2.05, 4.69) is 25.6 Å². The van der Waals surface area contributed by atoms with Crippen molar-refractivity contribution in [3.05, 3.63) is 35.1 Å². The van der Waals surface area contributed by atoms with Crippen LogP contribution in [0.25, 0.3) is 0 Å². The maximum absolute atomic E-state index is 6.24. The Bertz CT molecular complexity index is 908. The van der Waals surface area contributed by atoms with E-state index >= 15 is 0 Å². The van der Waals surface area contributed by atoms with E-state index < -0.39 is 0 Å². The molecule has 0 radical (unpaired) electrons. The monoisotopic (exact) mass is 372 g/mol. The normalized spacial score (nSPS) is 10.5. The molecule has 3 rings (SSSR count). The summed E-state index contributed by atoms with van der Waals surface area (Å²) in [5.41, 5.74) is 8.28. The summed E-state index contributed by atoms with van der Waals surface area (Å²) in [7, 11) is 3.20. The van der Waals surface area contributed by atoms with Gasteiger partial charge in [-0.2, -0.15) is 0 Å². The molecule has 3 aromatic rings. The first-order chi connectivity index (χ1) is 12.5. The summed E-state index contributed by atoms with van der Waals surface area (Å²) in [6.07, 6.45) is 1.43. The third kappa shape index (κ3) is 3.62. The third-order valence-corrected chi connectivity index (χ3v) is 4.79. The van der Waals surface area contributed by atoms with Gasteiger partial charge in [-0.25, -0.2) is 15.0 Å². The molecule has 2 heterocycles. The second-order valence-corrected chi connectivity index (χ2v) is 6.66. The number of ether oxygens (including phenoxy) is 2. The van der Waals surface area contributed by atoms with Crippen molar-refractivity contribution in [2.75, 3.05) is 30.6 Å². The average molecular weight is 372 g/mol. The van der Waals surface area contributed by atoms with E-state index in [4.69, 9.17) is 15.2 Å². The van der Waals surface area contributed by atoms with E-state index in [1.807, 2.05) is 19.9 Å². The lowest BCUT2D eigenvalue weighted by atomic mass is 10.2. The Morgan fingerprint density at radius 2 is 1.77 bits per heavy atom. The Morgan fingerprint density at radius 3 is 2.38 bits per heavy atom. The van der Waals surface area contributed by atoms with Crippen LogP contribution in [0.15, 0.2) is 24.5 Å². The maximum atomic E-state index is 6.24. The molecule has 0 aliphatic rings. The minimum absolute atomic E-state index is 0.378. The van der Waals surface area contributed by atoms with Crippen molar-refractivity contribution < 1.29 is 9.47 Å². The Labute approximate surface area is 155 Å². The number of benzene rings is 1. The predicted octanol–water partition coefficient (Wildman–Crippen LogP) is 3.64. The first-order valence-electron chi connectivity index (χ1n) is 7.82. The predicted molar refractivity (Wildman–Crippen MR) is 104 cm³/mol. The number of aromatic nitrogens is 3. The van der Waals surface area contributed by atoms with Gasteiger partial charge >= 0.3 is 0 Å². The number of nitrogen functional groups attached to an aromatic ring is 1. The summed E-state index contributed by atoms with van der Waals surface area (Å²) in [4.78, 5) is 14.0. The standard InChI is InChI=1S/C17H20N6O2S/c1-9-10(2)26-17(21-9)23-16-14(18)15(19-8-20-16)22-12-7-11(24-3)5-6-13(12)25-4/h5-8H,18H2,1-4H3,(H2,19,20,21,22,23). The SMILES string of the molecule is COc1ccc(OC)c(Nc2ncnc(Nc3nc(C)c(C)s3)c2N)c1. The molecule has 0 atom stereocenters. The minimum atomic E-state index is 0.378. The minimum Gasteiger partial charge on any atom is -0.497 e.